The van der Waals surface area contributed by atoms with Crippen LogP contribution in [0.4, 0.5) is 0 Å². The van der Waals surface area contributed by atoms with Gasteiger partial charge in [-0.3, -0.25) is 0 Å². The van der Waals surface area contributed by atoms with Crippen molar-refractivity contribution in [1.29, 1.82) is 0 Å². The van der Waals surface area contributed by atoms with Crippen molar-refractivity contribution in [2.24, 2.45) is 5.92 Å². The molecule has 17 heavy (non-hydrogen) atoms. The Hall–Kier alpha value is -0.910. The fourth-order valence-electron chi connectivity index (χ4n) is 1.96. The van der Waals surface area contributed by atoms with Gasteiger partial charge in [-0.05, 0) is 25.5 Å². The van der Waals surface area contributed by atoms with E-state index in [-0.39, 0.29) is 12.0 Å². The smallest absolute Gasteiger partial charge is 0.240 e. The van der Waals surface area contributed by atoms with Crippen LogP contribution in [0.5, 0.6) is 0 Å². The third-order valence-corrected chi connectivity index (χ3v) is 4.64. The van der Waals surface area contributed by atoms with Crippen LogP contribution in [0.3, 0.4) is 0 Å². The molecular weight excluding hydrogens is 238 g/mol. The summed E-state index contributed by atoms with van der Waals surface area (Å²) in [6.07, 6.45) is 0.915. The number of nitrogens with one attached hydrogen (secondary N) is 1. The molecule has 2 atom stereocenters. The van der Waals surface area contributed by atoms with E-state index in [4.69, 9.17) is 4.74 Å². The fraction of sp³-hybridized carbons (Fsp3) is 0.500. The molecule has 2 rings (SSSR count). The molecular formula is C12H17NO3S. The third kappa shape index (κ3) is 3.06. The summed E-state index contributed by atoms with van der Waals surface area (Å²) in [4.78, 5) is 0.311. The summed E-state index contributed by atoms with van der Waals surface area (Å²) in [5.74, 6) is 0.272. The molecule has 1 aliphatic heterocycles. The zero-order chi connectivity index (χ0) is 12.3. The molecule has 0 saturated carbocycles. The molecule has 1 aromatic carbocycles. The van der Waals surface area contributed by atoms with Gasteiger partial charge in [0.05, 0.1) is 11.5 Å². The van der Waals surface area contributed by atoms with Crippen molar-refractivity contribution >= 4 is 10.0 Å². The first-order valence-corrected chi connectivity index (χ1v) is 7.23. The lowest BCUT2D eigenvalue weighted by Crippen LogP contribution is -2.38. The molecule has 94 valence electrons. The van der Waals surface area contributed by atoms with Gasteiger partial charge < -0.3 is 4.74 Å². The first kappa shape index (κ1) is 12.5. The topological polar surface area (TPSA) is 55.4 Å². The van der Waals surface area contributed by atoms with E-state index < -0.39 is 10.0 Å². The highest BCUT2D eigenvalue weighted by atomic mass is 32.2. The zero-order valence-corrected chi connectivity index (χ0v) is 10.6. The number of rotatable bonds is 4. The van der Waals surface area contributed by atoms with Crippen molar-refractivity contribution in [3.8, 4) is 0 Å². The molecule has 0 radical (unpaired) electrons. The lowest BCUT2D eigenvalue weighted by molar-refractivity contribution is 0.180. The van der Waals surface area contributed by atoms with Crippen molar-refractivity contribution in [1.82, 2.24) is 4.72 Å². The highest BCUT2D eigenvalue weighted by molar-refractivity contribution is 7.89. The summed E-state index contributed by atoms with van der Waals surface area (Å²) in [6, 6.07) is 8.34. The van der Waals surface area contributed by atoms with E-state index in [1.807, 2.05) is 6.92 Å². The van der Waals surface area contributed by atoms with Crippen LogP contribution in [0.15, 0.2) is 35.2 Å². The zero-order valence-electron chi connectivity index (χ0n) is 9.80. The normalized spacial score (nSPS) is 22.5. The van der Waals surface area contributed by atoms with Gasteiger partial charge in [0, 0.05) is 18.6 Å². The number of benzene rings is 1. The van der Waals surface area contributed by atoms with E-state index in [9.17, 15) is 8.42 Å². The summed E-state index contributed by atoms with van der Waals surface area (Å²) in [5, 5.41) is 0. The lowest BCUT2D eigenvalue weighted by atomic mass is 10.0. The van der Waals surface area contributed by atoms with E-state index >= 15 is 0 Å². The van der Waals surface area contributed by atoms with Crippen LogP contribution in [0.2, 0.25) is 0 Å². The lowest BCUT2D eigenvalue weighted by Gasteiger charge is -2.19. The predicted octanol–water partition coefficient (Wildman–Crippen LogP) is 1.39. The summed E-state index contributed by atoms with van der Waals surface area (Å²) in [6.45, 7) is 3.25. The molecule has 1 saturated heterocycles. The first-order chi connectivity index (χ1) is 8.09. The molecule has 0 amide bonds. The summed E-state index contributed by atoms with van der Waals surface area (Å²) in [7, 11) is -3.40. The highest BCUT2D eigenvalue weighted by Gasteiger charge is 2.26. The van der Waals surface area contributed by atoms with Gasteiger partial charge >= 0.3 is 0 Å². The molecule has 0 aliphatic carbocycles. The third-order valence-electron chi connectivity index (χ3n) is 3.07. The number of hydrogen-bond donors (Lipinski definition) is 1. The van der Waals surface area contributed by atoms with Crippen molar-refractivity contribution in [3.05, 3.63) is 30.3 Å². The van der Waals surface area contributed by atoms with Crippen molar-refractivity contribution in [3.63, 3.8) is 0 Å². The van der Waals surface area contributed by atoms with Crippen molar-refractivity contribution < 1.29 is 13.2 Å². The second kappa shape index (κ2) is 5.16. The molecule has 1 aromatic rings. The maximum atomic E-state index is 12.0. The molecule has 0 spiro atoms. The van der Waals surface area contributed by atoms with Crippen LogP contribution in [0.1, 0.15) is 13.3 Å². The Morgan fingerprint density at radius 2 is 2.06 bits per heavy atom. The van der Waals surface area contributed by atoms with Crippen molar-refractivity contribution in [2.75, 3.05) is 13.2 Å². The number of hydrogen-bond acceptors (Lipinski definition) is 3. The summed E-state index contributed by atoms with van der Waals surface area (Å²) < 4.78 is 32.1. The Morgan fingerprint density at radius 1 is 1.35 bits per heavy atom. The first-order valence-electron chi connectivity index (χ1n) is 5.75. The van der Waals surface area contributed by atoms with E-state index in [0.29, 0.717) is 11.5 Å². The van der Waals surface area contributed by atoms with Crippen LogP contribution in [-0.4, -0.2) is 27.7 Å². The molecule has 1 N–H and O–H groups in total. The number of ether oxygens (including phenoxy) is 1. The SMILES string of the molecule is CC(NS(=O)(=O)c1ccccc1)C1CCOC1. The van der Waals surface area contributed by atoms with Gasteiger partial charge in [0.15, 0.2) is 0 Å². The summed E-state index contributed by atoms with van der Waals surface area (Å²) >= 11 is 0. The van der Waals surface area contributed by atoms with E-state index in [0.717, 1.165) is 13.0 Å². The fourth-order valence-corrected chi connectivity index (χ4v) is 3.29. The molecule has 1 heterocycles. The Kier molecular flexibility index (Phi) is 3.81. The number of sulfonamides is 1. The van der Waals surface area contributed by atoms with Gasteiger partial charge in [0.2, 0.25) is 10.0 Å². The average molecular weight is 255 g/mol. The minimum atomic E-state index is -3.40. The van der Waals surface area contributed by atoms with E-state index in [2.05, 4.69) is 4.72 Å². The van der Waals surface area contributed by atoms with Crippen molar-refractivity contribution in [2.45, 2.75) is 24.3 Å². The molecule has 1 aliphatic rings. The molecule has 5 heteroatoms. The Morgan fingerprint density at radius 3 is 2.65 bits per heavy atom. The van der Waals surface area contributed by atoms with Crippen LogP contribution >= 0.6 is 0 Å². The second-order valence-corrected chi connectivity index (χ2v) is 6.06. The Labute approximate surface area is 102 Å². The van der Waals surface area contributed by atoms with Gasteiger partial charge in [0.25, 0.3) is 0 Å². The maximum absolute atomic E-state index is 12.0. The predicted molar refractivity (Wildman–Crippen MR) is 65.2 cm³/mol. The average Bonchev–Trinajstić information content (AvgIpc) is 2.83. The molecule has 0 aromatic heterocycles. The van der Waals surface area contributed by atoms with E-state index in [1.165, 1.54) is 0 Å². The van der Waals surface area contributed by atoms with E-state index in [1.54, 1.807) is 30.3 Å². The Bertz CT molecular complexity index is 452. The van der Waals surface area contributed by atoms with Crippen LogP contribution in [-0.2, 0) is 14.8 Å². The quantitative estimate of drug-likeness (QED) is 0.884. The van der Waals surface area contributed by atoms with Gasteiger partial charge in [-0.2, -0.15) is 0 Å². The highest BCUT2D eigenvalue weighted by Crippen LogP contribution is 2.18. The van der Waals surface area contributed by atoms with Crippen LogP contribution < -0.4 is 4.72 Å². The minimum Gasteiger partial charge on any atom is -0.381 e. The van der Waals surface area contributed by atoms with Crippen LogP contribution in [0.25, 0.3) is 0 Å². The summed E-state index contributed by atoms with van der Waals surface area (Å²) in [5.41, 5.74) is 0. The standard InChI is InChI=1S/C12H17NO3S/c1-10(11-7-8-16-9-11)13-17(14,15)12-5-3-2-4-6-12/h2-6,10-11,13H,7-9H2,1H3. The molecule has 0 bridgehead atoms. The molecule has 4 nitrogen and oxygen atoms in total. The van der Waals surface area contributed by atoms with Crippen LogP contribution in [0, 0.1) is 5.92 Å². The monoisotopic (exact) mass is 255 g/mol. The maximum Gasteiger partial charge on any atom is 0.240 e. The van der Waals surface area contributed by atoms with Gasteiger partial charge in [-0.25, -0.2) is 13.1 Å². The minimum absolute atomic E-state index is 0.0947. The van der Waals surface area contributed by atoms with Gasteiger partial charge in [-0.15, -0.1) is 0 Å². The molecule has 2 unspecified atom stereocenters. The second-order valence-electron chi connectivity index (χ2n) is 4.35. The Balaban J connectivity index is 2.07. The molecule has 1 fully saturated rings. The van der Waals surface area contributed by atoms with Gasteiger partial charge in [0.1, 0.15) is 0 Å². The largest absolute Gasteiger partial charge is 0.381 e. The van der Waals surface area contributed by atoms with Gasteiger partial charge in [-0.1, -0.05) is 18.2 Å².